The van der Waals surface area contributed by atoms with Gasteiger partial charge in [0.05, 0.1) is 11.7 Å². The fourth-order valence-corrected chi connectivity index (χ4v) is 2.50. The number of hydrogen-bond donors (Lipinski definition) is 2. The molecule has 0 aliphatic carbocycles. The molecule has 23 heavy (non-hydrogen) atoms. The lowest BCUT2D eigenvalue weighted by Gasteiger charge is -2.24. The van der Waals surface area contributed by atoms with Gasteiger partial charge in [-0.3, -0.25) is 4.79 Å². The maximum Gasteiger partial charge on any atom is 0.321 e. The van der Waals surface area contributed by atoms with Gasteiger partial charge < -0.3 is 20.3 Å². The molecule has 1 aromatic carbocycles. The van der Waals surface area contributed by atoms with Crippen molar-refractivity contribution in [2.75, 3.05) is 32.1 Å². The van der Waals surface area contributed by atoms with Gasteiger partial charge in [-0.1, -0.05) is 0 Å². The number of nitrogens with zero attached hydrogens (tertiary/aromatic N) is 1. The molecule has 1 aliphatic rings. The standard InChI is InChI=1S/C16H22FN3O3/c1-3-20(10-12-5-4-8-23-12)16(22)19-11-6-7-14(17)13(9-11)15(21)18-2/h6-7,9,12H,3-5,8,10H2,1-2H3,(H,18,21)(H,19,22). The quantitative estimate of drug-likeness (QED) is 0.873. The molecule has 0 aromatic heterocycles. The molecule has 1 saturated heterocycles. The summed E-state index contributed by atoms with van der Waals surface area (Å²) < 4.78 is 19.2. The van der Waals surface area contributed by atoms with Crippen molar-refractivity contribution in [3.63, 3.8) is 0 Å². The number of benzene rings is 1. The third-order valence-electron chi connectivity index (χ3n) is 3.81. The minimum Gasteiger partial charge on any atom is -0.376 e. The van der Waals surface area contributed by atoms with Crippen LogP contribution in [-0.4, -0.2) is 49.7 Å². The van der Waals surface area contributed by atoms with Gasteiger partial charge in [-0.05, 0) is 38.0 Å². The molecule has 1 fully saturated rings. The van der Waals surface area contributed by atoms with Crippen molar-refractivity contribution in [1.82, 2.24) is 10.2 Å². The first kappa shape index (κ1) is 17.2. The van der Waals surface area contributed by atoms with Gasteiger partial charge in [-0.25, -0.2) is 9.18 Å². The Bertz CT molecular complexity index is 574. The summed E-state index contributed by atoms with van der Waals surface area (Å²) in [5, 5.41) is 5.06. The summed E-state index contributed by atoms with van der Waals surface area (Å²) in [5.41, 5.74) is 0.272. The Morgan fingerprint density at radius 2 is 2.22 bits per heavy atom. The zero-order valence-corrected chi connectivity index (χ0v) is 13.4. The molecule has 1 atom stereocenters. The average Bonchev–Trinajstić information content (AvgIpc) is 3.06. The van der Waals surface area contributed by atoms with E-state index in [4.69, 9.17) is 4.74 Å². The Morgan fingerprint density at radius 1 is 1.43 bits per heavy atom. The Balaban J connectivity index is 2.04. The van der Waals surface area contributed by atoms with E-state index >= 15 is 0 Å². The molecule has 3 amide bonds. The Morgan fingerprint density at radius 3 is 2.83 bits per heavy atom. The van der Waals surface area contributed by atoms with Crippen LogP contribution in [0.2, 0.25) is 0 Å². The number of carbonyl (C=O) groups is 2. The summed E-state index contributed by atoms with van der Waals surface area (Å²) in [6.45, 7) is 3.67. The number of halogens is 1. The number of nitrogens with one attached hydrogen (secondary N) is 2. The molecule has 1 heterocycles. The predicted octanol–water partition coefficient (Wildman–Crippen LogP) is 2.22. The zero-order valence-electron chi connectivity index (χ0n) is 13.4. The number of rotatable bonds is 5. The van der Waals surface area contributed by atoms with Gasteiger partial charge >= 0.3 is 6.03 Å². The molecular weight excluding hydrogens is 301 g/mol. The van der Waals surface area contributed by atoms with Gasteiger partial charge in [-0.15, -0.1) is 0 Å². The highest BCUT2D eigenvalue weighted by Crippen LogP contribution is 2.17. The van der Waals surface area contributed by atoms with Gasteiger partial charge in [0.1, 0.15) is 5.82 Å². The molecule has 7 heteroatoms. The van der Waals surface area contributed by atoms with Crippen molar-refractivity contribution in [3.8, 4) is 0 Å². The van der Waals surface area contributed by atoms with Crippen LogP contribution < -0.4 is 10.6 Å². The number of ether oxygens (including phenoxy) is 1. The molecule has 6 nitrogen and oxygen atoms in total. The zero-order chi connectivity index (χ0) is 16.8. The average molecular weight is 323 g/mol. The number of likely N-dealkylation sites (N-methyl/N-ethyl adjacent to an activating group) is 1. The molecule has 1 aliphatic heterocycles. The Hall–Kier alpha value is -2.15. The topological polar surface area (TPSA) is 70.7 Å². The van der Waals surface area contributed by atoms with E-state index in [1.807, 2.05) is 6.92 Å². The van der Waals surface area contributed by atoms with Crippen molar-refractivity contribution < 1.29 is 18.7 Å². The number of hydrogen-bond acceptors (Lipinski definition) is 3. The fourth-order valence-electron chi connectivity index (χ4n) is 2.50. The first-order valence-corrected chi connectivity index (χ1v) is 7.74. The van der Waals surface area contributed by atoms with E-state index in [0.29, 0.717) is 18.8 Å². The summed E-state index contributed by atoms with van der Waals surface area (Å²) in [4.78, 5) is 25.6. The molecule has 0 radical (unpaired) electrons. The third-order valence-corrected chi connectivity index (χ3v) is 3.81. The Labute approximate surface area is 135 Å². The van der Waals surface area contributed by atoms with Crippen LogP contribution in [0.15, 0.2) is 18.2 Å². The van der Waals surface area contributed by atoms with Gasteiger partial charge in [0.25, 0.3) is 5.91 Å². The van der Waals surface area contributed by atoms with Gasteiger partial charge in [0, 0.05) is 32.4 Å². The molecule has 1 unspecified atom stereocenters. The molecule has 0 bridgehead atoms. The third kappa shape index (κ3) is 4.41. The molecule has 126 valence electrons. The largest absolute Gasteiger partial charge is 0.376 e. The van der Waals surface area contributed by atoms with Gasteiger partial charge in [0.15, 0.2) is 0 Å². The summed E-state index contributed by atoms with van der Waals surface area (Å²) in [5.74, 6) is -1.17. The SMILES string of the molecule is CCN(CC1CCCO1)C(=O)Nc1ccc(F)c(C(=O)NC)c1. The second-order valence-corrected chi connectivity index (χ2v) is 5.38. The highest BCUT2D eigenvalue weighted by molar-refractivity contribution is 5.97. The highest BCUT2D eigenvalue weighted by atomic mass is 19.1. The van der Waals surface area contributed by atoms with Crippen LogP contribution in [0, 0.1) is 5.82 Å². The second-order valence-electron chi connectivity index (χ2n) is 5.38. The van der Waals surface area contributed by atoms with Crippen molar-refractivity contribution in [2.45, 2.75) is 25.9 Å². The van der Waals surface area contributed by atoms with Crippen LogP contribution in [0.4, 0.5) is 14.9 Å². The van der Waals surface area contributed by atoms with E-state index in [1.54, 1.807) is 4.90 Å². The van der Waals surface area contributed by atoms with Gasteiger partial charge in [0.2, 0.25) is 0 Å². The van der Waals surface area contributed by atoms with E-state index in [-0.39, 0.29) is 17.7 Å². The minimum atomic E-state index is -0.631. The molecule has 2 rings (SSSR count). The lowest BCUT2D eigenvalue weighted by Crippen LogP contribution is -2.40. The number of amides is 3. The van der Waals surface area contributed by atoms with E-state index < -0.39 is 11.7 Å². The predicted molar refractivity (Wildman–Crippen MR) is 85.0 cm³/mol. The number of urea groups is 1. The van der Waals surface area contributed by atoms with Gasteiger partial charge in [-0.2, -0.15) is 0 Å². The highest BCUT2D eigenvalue weighted by Gasteiger charge is 2.22. The van der Waals surface area contributed by atoms with E-state index in [1.165, 1.54) is 19.2 Å². The van der Waals surface area contributed by atoms with Crippen molar-refractivity contribution in [1.29, 1.82) is 0 Å². The lowest BCUT2D eigenvalue weighted by atomic mass is 10.1. The van der Waals surface area contributed by atoms with Crippen LogP contribution in [0.25, 0.3) is 0 Å². The van der Waals surface area contributed by atoms with Crippen molar-refractivity contribution in [2.24, 2.45) is 0 Å². The monoisotopic (exact) mass is 323 g/mol. The fraction of sp³-hybridized carbons (Fsp3) is 0.500. The normalized spacial score (nSPS) is 16.9. The molecular formula is C16H22FN3O3. The number of anilines is 1. The molecule has 2 N–H and O–H groups in total. The van der Waals surface area contributed by atoms with Crippen LogP contribution in [-0.2, 0) is 4.74 Å². The summed E-state index contributed by atoms with van der Waals surface area (Å²) in [6, 6.07) is 3.62. The van der Waals surface area contributed by atoms with Crippen LogP contribution in [0.5, 0.6) is 0 Å². The first-order valence-electron chi connectivity index (χ1n) is 7.74. The summed E-state index contributed by atoms with van der Waals surface area (Å²) in [6.07, 6.45) is 2.02. The summed E-state index contributed by atoms with van der Waals surface area (Å²) in [7, 11) is 1.42. The van der Waals surface area contributed by atoms with E-state index in [0.717, 1.165) is 25.5 Å². The van der Waals surface area contributed by atoms with E-state index in [9.17, 15) is 14.0 Å². The first-order chi connectivity index (χ1) is 11.0. The van der Waals surface area contributed by atoms with Crippen molar-refractivity contribution in [3.05, 3.63) is 29.6 Å². The second kappa shape index (κ2) is 7.92. The summed E-state index contributed by atoms with van der Waals surface area (Å²) >= 11 is 0. The minimum absolute atomic E-state index is 0.0651. The lowest BCUT2D eigenvalue weighted by molar-refractivity contribution is 0.0849. The molecule has 0 saturated carbocycles. The maximum atomic E-state index is 13.6. The Kier molecular flexibility index (Phi) is 5.92. The van der Waals surface area contributed by atoms with Crippen LogP contribution >= 0.6 is 0 Å². The number of carbonyl (C=O) groups excluding carboxylic acids is 2. The smallest absolute Gasteiger partial charge is 0.321 e. The molecule has 1 aromatic rings. The molecule has 0 spiro atoms. The van der Waals surface area contributed by atoms with E-state index in [2.05, 4.69) is 10.6 Å². The van der Waals surface area contributed by atoms with Crippen LogP contribution in [0.3, 0.4) is 0 Å². The van der Waals surface area contributed by atoms with Crippen molar-refractivity contribution >= 4 is 17.6 Å². The maximum absolute atomic E-state index is 13.6. The van der Waals surface area contributed by atoms with Crippen LogP contribution in [0.1, 0.15) is 30.1 Å².